The molecule has 9 heteroatoms. The lowest BCUT2D eigenvalue weighted by molar-refractivity contribution is -0.386. The number of hydrogen-bond donors (Lipinski definition) is 0. The monoisotopic (exact) mass is 325 g/mol. The Bertz CT molecular complexity index is 605. The van der Waals surface area contributed by atoms with Crippen molar-refractivity contribution in [3.8, 4) is 5.75 Å². The quantitative estimate of drug-likeness (QED) is 0.332. The Morgan fingerprint density at radius 3 is 2.55 bits per heavy atom. The van der Waals surface area contributed by atoms with Gasteiger partial charge in [0, 0.05) is 22.8 Å². The van der Waals surface area contributed by atoms with E-state index in [0.29, 0.717) is 18.6 Å². The highest BCUT2D eigenvalue weighted by molar-refractivity contribution is 8.13. The lowest BCUT2D eigenvalue weighted by Crippen LogP contribution is -2.04. The van der Waals surface area contributed by atoms with Crippen molar-refractivity contribution in [2.24, 2.45) is 0 Å². The minimum Gasteiger partial charge on any atom is -0.487 e. The maximum atomic E-state index is 13.6. The van der Waals surface area contributed by atoms with Crippen molar-refractivity contribution >= 4 is 25.4 Å². The first kappa shape index (κ1) is 16.6. The largest absolute Gasteiger partial charge is 0.487 e. The average Bonchev–Trinajstić information content (AvgIpc) is 2.32. The summed E-state index contributed by atoms with van der Waals surface area (Å²) in [5, 5.41) is 10.9. The van der Waals surface area contributed by atoms with Gasteiger partial charge in [-0.15, -0.1) is 0 Å². The number of ether oxygens (including phenoxy) is 1. The molecule has 0 saturated carbocycles. The van der Waals surface area contributed by atoms with Crippen molar-refractivity contribution in [2.75, 3.05) is 6.61 Å². The van der Waals surface area contributed by atoms with Gasteiger partial charge >= 0.3 is 5.69 Å². The summed E-state index contributed by atoms with van der Waals surface area (Å²) in [6.45, 7) is 2.16. The van der Waals surface area contributed by atoms with E-state index in [1.54, 1.807) is 0 Å². The molecule has 0 N–H and O–H groups in total. The van der Waals surface area contributed by atoms with E-state index in [4.69, 9.17) is 15.4 Å². The Morgan fingerprint density at radius 2 is 2.05 bits per heavy atom. The molecule has 0 aliphatic rings. The highest BCUT2D eigenvalue weighted by Gasteiger charge is 2.25. The van der Waals surface area contributed by atoms with E-state index in [1.807, 2.05) is 6.92 Å². The second-order valence-corrected chi connectivity index (χ2v) is 6.54. The smallest absolute Gasteiger partial charge is 0.312 e. The van der Waals surface area contributed by atoms with Gasteiger partial charge in [-0.3, -0.25) is 10.1 Å². The van der Waals surface area contributed by atoms with Gasteiger partial charge in [0.2, 0.25) is 0 Å². The van der Waals surface area contributed by atoms with Crippen molar-refractivity contribution in [3.05, 3.63) is 28.1 Å². The number of benzene rings is 1. The maximum Gasteiger partial charge on any atom is 0.312 e. The fraction of sp³-hybridized carbons (Fsp3) is 0.455. The third kappa shape index (κ3) is 4.31. The molecular weight excluding hydrogens is 313 g/mol. The van der Waals surface area contributed by atoms with Crippen LogP contribution in [-0.4, -0.2) is 19.9 Å². The van der Waals surface area contributed by atoms with Gasteiger partial charge in [0.25, 0.3) is 9.05 Å². The van der Waals surface area contributed by atoms with Gasteiger partial charge in [-0.25, -0.2) is 12.8 Å². The number of hydrogen-bond acceptors (Lipinski definition) is 5. The van der Waals surface area contributed by atoms with Crippen LogP contribution in [0.3, 0.4) is 0 Å². The molecule has 0 atom stereocenters. The first-order valence-corrected chi connectivity index (χ1v) is 8.13. The van der Waals surface area contributed by atoms with Crippen molar-refractivity contribution in [1.29, 1.82) is 0 Å². The molecule has 0 unspecified atom stereocenters. The van der Waals surface area contributed by atoms with Crippen molar-refractivity contribution in [2.45, 2.75) is 31.1 Å². The molecule has 0 aliphatic carbocycles. The lowest BCUT2D eigenvalue weighted by atomic mass is 10.2. The van der Waals surface area contributed by atoms with Crippen LogP contribution in [0.1, 0.15) is 26.2 Å². The Kier molecular flexibility index (Phi) is 5.70. The second-order valence-electron chi connectivity index (χ2n) is 4.00. The summed E-state index contributed by atoms with van der Waals surface area (Å²) in [5.74, 6) is -1.50. The molecule has 20 heavy (non-hydrogen) atoms. The summed E-state index contributed by atoms with van der Waals surface area (Å²) in [5.41, 5.74) is -0.637. The highest BCUT2D eigenvalue weighted by atomic mass is 35.7. The van der Waals surface area contributed by atoms with E-state index in [0.717, 1.165) is 12.8 Å². The molecular formula is C11H13ClFNO5S. The summed E-state index contributed by atoms with van der Waals surface area (Å²) < 4.78 is 40.9. The third-order valence-electron chi connectivity index (χ3n) is 2.48. The van der Waals surface area contributed by atoms with E-state index >= 15 is 0 Å². The Balaban J connectivity index is 3.12. The zero-order chi connectivity index (χ0) is 15.3. The molecule has 0 saturated heterocycles. The minimum atomic E-state index is -4.40. The van der Waals surface area contributed by atoms with E-state index in [9.17, 15) is 22.9 Å². The summed E-state index contributed by atoms with van der Waals surface area (Å²) >= 11 is 0. The van der Waals surface area contributed by atoms with Crippen molar-refractivity contribution in [1.82, 2.24) is 0 Å². The van der Waals surface area contributed by atoms with E-state index in [2.05, 4.69) is 0 Å². The van der Waals surface area contributed by atoms with E-state index < -0.39 is 30.4 Å². The molecule has 0 bridgehead atoms. The van der Waals surface area contributed by atoms with Gasteiger partial charge in [0.15, 0.2) is 5.75 Å². The van der Waals surface area contributed by atoms with Gasteiger partial charge in [-0.2, -0.15) is 0 Å². The fourth-order valence-corrected chi connectivity index (χ4v) is 2.40. The van der Waals surface area contributed by atoms with Crippen molar-refractivity contribution < 1.29 is 22.5 Å². The van der Waals surface area contributed by atoms with Crippen LogP contribution in [-0.2, 0) is 9.05 Å². The Morgan fingerprint density at radius 1 is 1.40 bits per heavy atom. The topological polar surface area (TPSA) is 86.5 Å². The molecule has 0 spiro atoms. The van der Waals surface area contributed by atoms with Gasteiger partial charge in [0.05, 0.1) is 11.5 Å². The number of halogens is 2. The summed E-state index contributed by atoms with van der Waals surface area (Å²) in [4.78, 5) is 9.08. The van der Waals surface area contributed by atoms with Crippen LogP contribution in [0.25, 0.3) is 0 Å². The normalized spacial score (nSPS) is 11.3. The average molecular weight is 326 g/mol. The molecule has 6 nitrogen and oxygen atoms in total. The first-order chi connectivity index (χ1) is 9.27. The molecule has 1 aromatic rings. The van der Waals surface area contributed by atoms with Crippen LogP contribution in [0.2, 0.25) is 0 Å². The fourth-order valence-electron chi connectivity index (χ4n) is 1.50. The van der Waals surface area contributed by atoms with Crippen LogP contribution >= 0.6 is 10.7 Å². The second kappa shape index (κ2) is 6.85. The van der Waals surface area contributed by atoms with Gasteiger partial charge in [-0.05, 0) is 6.42 Å². The zero-order valence-electron chi connectivity index (χ0n) is 10.6. The number of unbranched alkanes of at least 4 members (excludes halogenated alkanes) is 2. The molecule has 1 aromatic carbocycles. The van der Waals surface area contributed by atoms with E-state index in [1.165, 1.54) is 0 Å². The van der Waals surface area contributed by atoms with Gasteiger partial charge in [0.1, 0.15) is 10.7 Å². The Hall–Kier alpha value is -1.41. The van der Waals surface area contributed by atoms with Gasteiger partial charge in [-0.1, -0.05) is 19.8 Å². The molecule has 0 amide bonds. The van der Waals surface area contributed by atoms with Crippen LogP contribution < -0.4 is 4.74 Å². The molecule has 0 aliphatic heterocycles. The first-order valence-electron chi connectivity index (χ1n) is 5.82. The van der Waals surface area contributed by atoms with Crippen LogP contribution in [0.15, 0.2) is 17.0 Å². The molecule has 0 radical (unpaired) electrons. The standard InChI is InChI=1S/C11H13ClFNO5S/c1-2-3-4-5-19-10-6-8(13)11(20(12,17)18)7-9(10)14(15)16/h6-7H,2-5H2,1H3. The van der Waals surface area contributed by atoms with Crippen LogP contribution in [0.5, 0.6) is 5.75 Å². The summed E-state index contributed by atoms with van der Waals surface area (Å²) in [6, 6.07) is 1.23. The molecule has 1 rings (SSSR count). The number of nitro benzene ring substituents is 1. The maximum absolute atomic E-state index is 13.6. The van der Waals surface area contributed by atoms with Crippen molar-refractivity contribution in [3.63, 3.8) is 0 Å². The molecule has 112 valence electrons. The van der Waals surface area contributed by atoms with Crippen LogP contribution in [0.4, 0.5) is 10.1 Å². The zero-order valence-corrected chi connectivity index (χ0v) is 12.2. The number of nitrogens with zero attached hydrogens (tertiary/aromatic N) is 1. The van der Waals surface area contributed by atoms with Gasteiger partial charge < -0.3 is 4.74 Å². The minimum absolute atomic E-state index is 0.182. The molecule has 0 fully saturated rings. The van der Waals surface area contributed by atoms with Crippen LogP contribution in [0, 0.1) is 15.9 Å². The lowest BCUT2D eigenvalue weighted by Gasteiger charge is -2.08. The third-order valence-corrected chi connectivity index (χ3v) is 3.82. The summed E-state index contributed by atoms with van der Waals surface area (Å²) in [6.07, 6.45) is 2.46. The number of rotatable bonds is 7. The molecule has 0 aromatic heterocycles. The van der Waals surface area contributed by atoms with E-state index in [-0.39, 0.29) is 12.4 Å². The predicted octanol–water partition coefficient (Wildman–Crippen LogP) is 3.23. The number of nitro groups is 1. The molecule has 0 heterocycles. The predicted molar refractivity (Wildman–Crippen MR) is 71.1 cm³/mol. The Labute approximate surface area is 120 Å². The highest BCUT2D eigenvalue weighted by Crippen LogP contribution is 2.33. The SMILES string of the molecule is CCCCCOc1cc(F)c(S(=O)(=O)Cl)cc1[N+](=O)[O-]. The summed E-state index contributed by atoms with van der Waals surface area (Å²) in [7, 11) is 0.609.